The van der Waals surface area contributed by atoms with Crippen LogP contribution in [0.3, 0.4) is 0 Å². The van der Waals surface area contributed by atoms with Crippen molar-refractivity contribution in [3.05, 3.63) is 112 Å². The second kappa shape index (κ2) is 19.6. The van der Waals surface area contributed by atoms with Gasteiger partial charge in [-0.05, 0) is 81.3 Å². The monoisotopic (exact) mass is 761 g/mol. The number of benzene rings is 1. The van der Waals surface area contributed by atoms with Crippen LogP contribution in [0.2, 0.25) is 18.1 Å². The van der Waals surface area contributed by atoms with E-state index in [1.54, 1.807) is 6.08 Å². The Hall–Kier alpha value is -3.90. The maximum atomic E-state index is 13.5. The maximum absolute atomic E-state index is 13.5. The number of rotatable bonds is 8. The molecule has 0 N–H and O–H groups in total. The van der Waals surface area contributed by atoms with Gasteiger partial charge in [-0.2, -0.15) is 0 Å². The predicted octanol–water partition coefficient (Wildman–Crippen LogP) is 9.70. The highest BCUT2D eigenvalue weighted by molar-refractivity contribution is 6.74. The first-order valence-electron chi connectivity index (χ1n) is 19.1. The number of nitrogens with zero attached hydrogens (tertiary/aromatic N) is 1. The number of non-ortho nitro benzene ring substituents is 1. The van der Waals surface area contributed by atoms with E-state index in [9.17, 15) is 19.7 Å². The molecule has 3 heterocycles. The highest BCUT2D eigenvalue weighted by Crippen LogP contribution is 2.38. The zero-order valence-electron chi connectivity index (χ0n) is 33.0. The van der Waals surface area contributed by atoms with Gasteiger partial charge in [0.2, 0.25) is 0 Å². The fourth-order valence-electron chi connectivity index (χ4n) is 6.47. The summed E-state index contributed by atoms with van der Waals surface area (Å²) in [5.74, 6) is -0.826. The predicted molar refractivity (Wildman–Crippen MR) is 214 cm³/mol. The van der Waals surface area contributed by atoms with Crippen LogP contribution in [0.25, 0.3) is 0 Å². The number of cyclic esters (lactones) is 1. The number of nitro benzene ring substituents is 1. The Balaban J connectivity index is 1.68. The smallest absolute Gasteiger partial charge is 0.338 e. The summed E-state index contributed by atoms with van der Waals surface area (Å²) in [4.78, 5) is 37.5. The van der Waals surface area contributed by atoms with E-state index in [0.29, 0.717) is 19.4 Å². The molecule has 3 aliphatic heterocycles. The third-order valence-corrected chi connectivity index (χ3v) is 14.9. The molecule has 7 unspecified atom stereocenters. The van der Waals surface area contributed by atoms with Crippen molar-refractivity contribution >= 4 is 25.9 Å². The van der Waals surface area contributed by atoms with Crippen LogP contribution in [0.15, 0.2) is 96.7 Å². The van der Waals surface area contributed by atoms with E-state index in [1.807, 2.05) is 30.4 Å². The third-order valence-electron chi connectivity index (χ3n) is 10.5. The molecule has 0 saturated carbocycles. The van der Waals surface area contributed by atoms with Crippen LogP contribution in [0.4, 0.5) is 5.69 Å². The molecule has 54 heavy (non-hydrogen) atoms. The van der Waals surface area contributed by atoms with Crippen LogP contribution in [0.5, 0.6) is 0 Å². The molecule has 0 spiro atoms. The molecule has 3 aliphatic rings. The number of hydrogen-bond acceptors (Lipinski definition) is 9. The molecule has 294 valence electrons. The lowest BCUT2D eigenvalue weighted by Gasteiger charge is -2.40. The summed E-state index contributed by atoms with van der Waals surface area (Å²) in [6.45, 7) is 20.0. The largest absolute Gasteiger partial charge is 0.456 e. The van der Waals surface area contributed by atoms with Crippen molar-refractivity contribution in [3.63, 3.8) is 0 Å². The van der Waals surface area contributed by atoms with Crippen LogP contribution < -0.4 is 0 Å². The lowest BCUT2D eigenvalue weighted by molar-refractivity contribution is -0.384. The molecule has 0 radical (unpaired) electrons. The normalized spacial score (nSPS) is 27.1. The minimum atomic E-state index is -2.38. The van der Waals surface area contributed by atoms with Gasteiger partial charge in [0.1, 0.15) is 18.3 Å². The zero-order chi connectivity index (χ0) is 39.5. The van der Waals surface area contributed by atoms with E-state index >= 15 is 0 Å². The molecule has 1 aromatic rings. The number of hydrogen-bond donors (Lipinski definition) is 0. The standard InChI is InChI=1S/C43H59NO9Si/c1-30-24-25-49-36(27-30)22-23-40(53-54(7,8)43(4,5)6)39-16-10-15-38(51-42(46)33-18-20-34(21-19-33)44(47)48)29-32(3)26-31(2)28-37-14-9-12-35(50-37)13-11-17-41(45)52-39/h9-12,15,17-24,31,35-40H,3,13-14,16,25-29H2,1-2,4-8H3. The van der Waals surface area contributed by atoms with Gasteiger partial charge < -0.3 is 23.4 Å². The van der Waals surface area contributed by atoms with Gasteiger partial charge in [-0.1, -0.05) is 88.0 Å². The van der Waals surface area contributed by atoms with E-state index in [4.69, 9.17) is 23.4 Å². The second-order valence-corrected chi connectivity index (χ2v) is 21.1. The van der Waals surface area contributed by atoms with E-state index in [0.717, 1.165) is 31.3 Å². The molecule has 0 aromatic heterocycles. The fourth-order valence-corrected chi connectivity index (χ4v) is 7.73. The molecule has 0 amide bonds. The van der Waals surface area contributed by atoms with E-state index < -0.39 is 43.5 Å². The topological polar surface area (TPSA) is 123 Å². The van der Waals surface area contributed by atoms with Crippen molar-refractivity contribution in [3.8, 4) is 0 Å². The molecule has 0 saturated heterocycles. The number of ether oxygens (including phenoxy) is 4. The average molecular weight is 762 g/mol. The van der Waals surface area contributed by atoms with Crippen LogP contribution >= 0.6 is 0 Å². The Kier molecular flexibility index (Phi) is 15.6. The van der Waals surface area contributed by atoms with Crippen LogP contribution in [-0.4, -0.2) is 68.4 Å². The first-order valence-corrected chi connectivity index (χ1v) is 22.0. The summed E-state index contributed by atoms with van der Waals surface area (Å²) in [6, 6.07) is 5.34. The SMILES string of the molecule is C=C1CC(C)CC2CC=CC(CC=CC(=O)OC(C(C=CC3CC(C)=CCO3)O[Si](C)(C)C(C)(C)C)CC=CC(OC(=O)c3ccc([N+](=O)[O-])cc3)C1)O2. The van der Waals surface area contributed by atoms with Gasteiger partial charge in [-0.25, -0.2) is 9.59 Å². The van der Waals surface area contributed by atoms with Gasteiger partial charge in [-0.15, -0.1) is 0 Å². The maximum Gasteiger partial charge on any atom is 0.338 e. The quantitative estimate of drug-likeness (QED) is 0.0838. The number of esters is 2. The van der Waals surface area contributed by atoms with Gasteiger partial charge in [0, 0.05) is 31.1 Å². The van der Waals surface area contributed by atoms with Gasteiger partial charge in [0.05, 0.1) is 35.4 Å². The van der Waals surface area contributed by atoms with Crippen molar-refractivity contribution < 1.29 is 37.9 Å². The fraction of sp³-hybridized carbons (Fsp3) is 0.535. The second-order valence-electron chi connectivity index (χ2n) is 16.3. The third kappa shape index (κ3) is 13.4. The average Bonchev–Trinajstić information content (AvgIpc) is 3.08. The molecule has 1 aromatic carbocycles. The molecule has 0 aliphatic carbocycles. The van der Waals surface area contributed by atoms with Crippen molar-refractivity contribution in [1.82, 2.24) is 0 Å². The van der Waals surface area contributed by atoms with Gasteiger partial charge in [0.25, 0.3) is 5.69 Å². The number of nitro groups is 1. The number of fused-ring (bicyclic) bond motifs is 2. The Bertz CT molecular complexity index is 1620. The Labute approximate surface area is 322 Å². The number of carbonyl (C=O) groups excluding carboxylic acids is 2. The molecule has 10 nitrogen and oxygen atoms in total. The molecular formula is C43H59NO9Si. The Morgan fingerprint density at radius 1 is 1.06 bits per heavy atom. The minimum Gasteiger partial charge on any atom is -0.456 e. The highest BCUT2D eigenvalue weighted by atomic mass is 28.4. The molecular weight excluding hydrogens is 703 g/mol. The van der Waals surface area contributed by atoms with Gasteiger partial charge in [0.15, 0.2) is 8.32 Å². The molecule has 0 fully saturated rings. The zero-order valence-corrected chi connectivity index (χ0v) is 34.0. The lowest BCUT2D eigenvalue weighted by atomic mass is 9.91. The van der Waals surface area contributed by atoms with Crippen molar-refractivity contribution in [1.29, 1.82) is 0 Å². The van der Waals surface area contributed by atoms with E-state index in [-0.39, 0.29) is 46.9 Å². The summed E-state index contributed by atoms with van der Waals surface area (Å²) in [6.07, 6.45) is 19.3. The van der Waals surface area contributed by atoms with Crippen molar-refractivity contribution in [2.75, 3.05) is 6.61 Å². The highest BCUT2D eigenvalue weighted by Gasteiger charge is 2.41. The first kappa shape index (κ1) is 42.8. The van der Waals surface area contributed by atoms with Gasteiger partial charge in [-0.3, -0.25) is 10.1 Å². The Morgan fingerprint density at radius 2 is 1.78 bits per heavy atom. The van der Waals surface area contributed by atoms with E-state index in [2.05, 4.69) is 66.4 Å². The summed E-state index contributed by atoms with van der Waals surface area (Å²) in [5, 5.41) is 11.1. The summed E-state index contributed by atoms with van der Waals surface area (Å²) in [7, 11) is -2.38. The lowest BCUT2D eigenvalue weighted by Crippen LogP contribution is -2.47. The number of carbonyl (C=O) groups is 2. The molecule has 2 bridgehead atoms. The minimum absolute atomic E-state index is 0.0366. The van der Waals surface area contributed by atoms with Crippen molar-refractivity contribution in [2.24, 2.45) is 5.92 Å². The molecule has 7 atom stereocenters. The van der Waals surface area contributed by atoms with Gasteiger partial charge >= 0.3 is 11.9 Å². The first-order chi connectivity index (χ1) is 25.5. The van der Waals surface area contributed by atoms with Crippen LogP contribution in [0, 0.1) is 16.0 Å². The molecule has 11 heteroatoms. The summed E-state index contributed by atoms with van der Waals surface area (Å²) < 4.78 is 31.6. The van der Waals surface area contributed by atoms with Crippen LogP contribution in [-0.2, 0) is 28.2 Å². The summed E-state index contributed by atoms with van der Waals surface area (Å²) >= 11 is 0. The van der Waals surface area contributed by atoms with Crippen LogP contribution in [0.1, 0.15) is 89.9 Å². The molecule has 4 rings (SSSR count). The summed E-state index contributed by atoms with van der Waals surface area (Å²) in [5.41, 5.74) is 2.25. The van der Waals surface area contributed by atoms with Crippen molar-refractivity contribution in [2.45, 2.75) is 134 Å². The Morgan fingerprint density at radius 3 is 2.46 bits per heavy atom. The van der Waals surface area contributed by atoms with E-state index in [1.165, 1.54) is 35.9 Å².